The van der Waals surface area contributed by atoms with Crippen LogP contribution in [0, 0.1) is 0 Å². The number of aromatic nitrogens is 1. The average molecular weight is 319 g/mol. The molecule has 1 fully saturated rings. The van der Waals surface area contributed by atoms with E-state index in [1.165, 1.54) is 0 Å². The summed E-state index contributed by atoms with van der Waals surface area (Å²) in [4.78, 5) is 22.1. The molecule has 2 rings (SSSR count). The minimum absolute atomic E-state index is 0.00399. The van der Waals surface area contributed by atoms with E-state index in [2.05, 4.69) is 20.6 Å². The summed E-state index contributed by atoms with van der Waals surface area (Å²) in [5.74, 6) is 0.641. The fourth-order valence-electron chi connectivity index (χ4n) is 2.16. The van der Waals surface area contributed by atoms with Crippen LogP contribution in [0.2, 0.25) is 0 Å². The molecule has 7 heteroatoms. The molecule has 1 aliphatic rings. The third-order valence-electron chi connectivity index (χ3n) is 3.59. The molecule has 0 atom stereocenters. The van der Waals surface area contributed by atoms with Crippen molar-refractivity contribution in [2.45, 2.75) is 25.4 Å². The summed E-state index contributed by atoms with van der Waals surface area (Å²) in [5, 5.41) is 6.48. The molecular formula is C16H25N5O2. The van der Waals surface area contributed by atoms with Crippen LogP contribution in [0.3, 0.4) is 0 Å². The van der Waals surface area contributed by atoms with Gasteiger partial charge in [-0.3, -0.25) is 9.78 Å². The Morgan fingerprint density at radius 3 is 2.83 bits per heavy atom. The summed E-state index contributed by atoms with van der Waals surface area (Å²) < 4.78 is 5.37. The van der Waals surface area contributed by atoms with Crippen LogP contribution in [-0.4, -0.2) is 61.6 Å². The predicted octanol–water partition coefficient (Wildman–Crippen LogP) is 0.384. The van der Waals surface area contributed by atoms with Crippen molar-refractivity contribution < 1.29 is 9.53 Å². The maximum Gasteiger partial charge on any atom is 0.241 e. The first-order valence-corrected chi connectivity index (χ1v) is 7.88. The molecule has 1 amide bonds. The Morgan fingerprint density at radius 1 is 1.39 bits per heavy atom. The van der Waals surface area contributed by atoms with Gasteiger partial charge in [-0.25, -0.2) is 4.99 Å². The molecule has 1 saturated heterocycles. The van der Waals surface area contributed by atoms with E-state index in [1.54, 1.807) is 25.2 Å². The van der Waals surface area contributed by atoms with E-state index in [0.29, 0.717) is 18.5 Å². The summed E-state index contributed by atoms with van der Waals surface area (Å²) in [6.45, 7) is 2.18. The quantitative estimate of drug-likeness (QED) is 0.606. The highest BCUT2D eigenvalue weighted by Gasteiger charge is 2.15. The molecule has 0 radical (unpaired) electrons. The zero-order valence-corrected chi connectivity index (χ0v) is 13.8. The number of ether oxygens (including phenoxy) is 1. The van der Waals surface area contributed by atoms with Crippen molar-refractivity contribution in [2.24, 2.45) is 4.99 Å². The molecule has 2 N–H and O–H groups in total. The lowest BCUT2D eigenvalue weighted by molar-refractivity contribution is -0.127. The van der Waals surface area contributed by atoms with E-state index in [0.717, 1.165) is 31.7 Å². The first kappa shape index (κ1) is 17.2. The SMILES string of the molecule is CN(C)C(=O)CNC(=NCc1ccccn1)NC1CCOCC1. The van der Waals surface area contributed by atoms with Crippen molar-refractivity contribution in [1.29, 1.82) is 0 Å². The van der Waals surface area contributed by atoms with Gasteiger partial charge in [-0.1, -0.05) is 6.07 Å². The smallest absolute Gasteiger partial charge is 0.241 e. The van der Waals surface area contributed by atoms with Crippen molar-refractivity contribution in [1.82, 2.24) is 20.5 Å². The second-order valence-corrected chi connectivity index (χ2v) is 5.66. The summed E-state index contributed by atoms with van der Waals surface area (Å²) >= 11 is 0. The van der Waals surface area contributed by atoms with Crippen molar-refractivity contribution in [3.63, 3.8) is 0 Å². The molecule has 0 saturated carbocycles. The third kappa shape index (κ3) is 6.23. The molecule has 0 spiro atoms. The summed E-state index contributed by atoms with van der Waals surface area (Å²) in [6.07, 6.45) is 3.62. The minimum Gasteiger partial charge on any atom is -0.381 e. The Hall–Kier alpha value is -2.15. The lowest BCUT2D eigenvalue weighted by Crippen LogP contribution is -2.48. The van der Waals surface area contributed by atoms with Gasteiger partial charge < -0.3 is 20.3 Å². The van der Waals surface area contributed by atoms with E-state index < -0.39 is 0 Å². The second kappa shape index (κ2) is 9.09. The summed E-state index contributed by atoms with van der Waals surface area (Å²) in [6, 6.07) is 6.06. The Kier molecular flexibility index (Phi) is 6.80. The Morgan fingerprint density at radius 2 is 2.17 bits per heavy atom. The van der Waals surface area contributed by atoms with Crippen molar-refractivity contribution in [3.8, 4) is 0 Å². The maximum absolute atomic E-state index is 11.8. The van der Waals surface area contributed by atoms with Crippen LogP contribution in [0.1, 0.15) is 18.5 Å². The van der Waals surface area contributed by atoms with E-state index in [1.807, 2.05) is 18.2 Å². The second-order valence-electron chi connectivity index (χ2n) is 5.66. The number of carbonyl (C=O) groups is 1. The highest BCUT2D eigenvalue weighted by Crippen LogP contribution is 2.06. The molecule has 23 heavy (non-hydrogen) atoms. The minimum atomic E-state index is 0.00399. The van der Waals surface area contributed by atoms with Crippen LogP contribution < -0.4 is 10.6 Å². The molecule has 7 nitrogen and oxygen atoms in total. The number of amides is 1. The molecule has 126 valence electrons. The van der Waals surface area contributed by atoms with Crippen molar-refractivity contribution in [2.75, 3.05) is 33.9 Å². The standard InChI is InChI=1S/C16H25N5O2/c1-21(2)15(22)12-19-16(20-13-6-9-23-10-7-13)18-11-14-5-3-4-8-17-14/h3-5,8,13H,6-7,9-12H2,1-2H3,(H2,18,19,20). The number of nitrogens with zero attached hydrogens (tertiary/aromatic N) is 3. The fraction of sp³-hybridized carbons (Fsp3) is 0.562. The highest BCUT2D eigenvalue weighted by atomic mass is 16.5. The van der Waals surface area contributed by atoms with Gasteiger partial charge in [0.15, 0.2) is 5.96 Å². The topological polar surface area (TPSA) is 78.9 Å². The maximum atomic E-state index is 11.8. The molecule has 0 aliphatic carbocycles. The van der Waals surface area contributed by atoms with Crippen molar-refractivity contribution >= 4 is 11.9 Å². The van der Waals surface area contributed by atoms with Gasteiger partial charge >= 0.3 is 0 Å². The number of nitrogens with one attached hydrogen (secondary N) is 2. The summed E-state index contributed by atoms with van der Waals surface area (Å²) in [5.41, 5.74) is 0.888. The van der Waals surface area contributed by atoms with Gasteiger partial charge in [-0.05, 0) is 25.0 Å². The monoisotopic (exact) mass is 319 g/mol. The van der Waals surface area contributed by atoms with Gasteiger partial charge in [0.05, 0.1) is 18.8 Å². The Bertz CT molecular complexity index is 512. The Labute approximate surface area is 137 Å². The first-order valence-electron chi connectivity index (χ1n) is 7.88. The number of hydrogen-bond acceptors (Lipinski definition) is 4. The van der Waals surface area contributed by atoms with E-state index >= 15 is 0 Å². The molecule has 1 aromatic heterocycles. The normalized spacial score (nSPS) is 16.0. The zero-order valence-electron chi connectivity index (χ0n) is 13.8. The molecule has 0 aromatic carbocycles. The van der Waals surface area contributed by atoms with Crippen LogP contribution in [0.4, 0.5) is 0 Å². The van der Waals surface area contributed by atoms with Crippen molar-refractivity contribution in [3.05, 3.63) is 30.1 Å². The molecule has 1 aliphatic heterocycles. The third-order valence-corrected chi connectivity index (χ3v) is 3.59. The van der Waals surface area contributed by atoms with Gasteiger partial charge in [0.1, 0.15) is 0 Å². The number of guanidine groups is 1. The fourth-order valence-corrected chi connectivity index (χ4v) is 2.16. The van der Waals surface area contributed by atoms with E-state index in [-0.39, 0.29) is 12.5 Å². The van der Waals surface area contributed by atoms with Crippen LogP contribution in [0.25, 0.3) is 0 Å². The van der Waals surface area contributed by atoms with Crippen LogP contribution in [-0.2, 0) is 16.1 Å². The molecule has 1 aromatic rings. The lowest BCUT2D eigenvalue weighted by atomic mass is 10.1. The molecule has 0 bridgehead atoms. The molecular weight excluding hydrogens is 294 g/mol. The lowest BCUT2D eigenvalue weighted by Gasteiger charge is -2.25. The van der Waals surface area contributed by atoms with Gasteiger partial charge in [-0.15, -0.1) is 0 Å². The average Bonchev–Trinajstić information content (AvgIpc) is 2.58. The van der Waals surface area contributed by atoms with E-state index in [9.17, 15) is 4.79 Å². The van der Waals surface area contributed by atoms with Crippen LogP contribution in [0.15, 0.2) is 29.4 Å². The van der Waals surface area contributed by atoms with Gasteiger partial charge in [0.2, 0.25) is 5.91 Å². The first-order chi connectivity index (χ1) is 11.1. The number of likely N-dealkylation sites (N-methyl/N-ethyl adjacent to an activating group) is 1. The zero-order chi connectivity index (χ0) is 16.5. The van der Waals surface area contributed by atoms with Gasteiger partial charge in [0, 0.05) is 39.5 Å². The molecule has 0 unspecified atom stereocenters. The van der Waals surface area contributed by atoms with E-state index in [4.69, 9.17) is 4.74 Å². The number of hydrogen-bond donors (Lipinski definition) is 2. The van der Waals surface area contributed by atoms with Crippen LogP contribution >= 0.6 is 0 Å². The predicted molar refractivity (Wildman–Crippen MR) is 89.0 cm³/mol. The Balaban J connectivity index is 1.95. The largest absolute Gasteiger partial charge is 0.381 e. The number of aliphatic imine (C=N–C) groups is 1. The highest BCUT2D eigenvalue weighted by molar-refractivity contribution is 5.86. The molecule has 2 heterocycles. The van der Waals surface area contributed by atoms with Gasteiger partial charge in [-0.2, -0.15) is 0 Å². The van der Waals surface area contributed by atoms with Gasteiger partial charge in [0.25, 0.3) is 0 Å². The number of carbonyl (C=O) groups excluding carboxylic acids is 1. The van der Waals surface area contributed by atoms with Crippen LogP contribution in [0.5, 0.6) is 0 Å². The number of pyridine rings is 1. The number of rotatable bonds is 5. The summed E-state index contributed by atoms with van der Waals surface area (Å²) in [7, 11) is 3.47.